The number of hydrogen-bond donors (Lipinski definition) is 2. The highest BCUT2D eigenvalue weighted by molar-refractivity contribution is 6.30. The van der Waals surface area contributed by atoms with Gasteiger partial charge in [0.1, 0.15) is 5.75 Å². The lowest BCUT2D eigenvalue weighted by Gasteiger charge is -2.38. The molecule has 5 heteroatoms. The predicted octanol–water partition coefficient (Wildman–Crippen LogP) is 3.15. The van der Waals surface area contributed by atoms with E-state index >= 15 is 0 Å². The van der Waals surface area contributed by atoms with E-state index in [4.69, 9.17) is 16.3 Å². The van der Waals surface area contributed by atoms with Crippen LogP contribution in [0.4, 0.5) is 0 Å². The number of ether oxygens (including phenoxy) is 1. The summed E-state index contributed by atoms with van der Waals surface area (Å²) in [7, 11) is 0. The summed E-state index contributed by atoms with van der Waals surface area (Å²) in [6.45, 7) is 1.61. The zero-order chi connectivity index (χ0) is 16.6. The molecule has 1 saturated heterocycles. The van der Waals surface area contributed by atoms with Crippen LogP contribution in [0.5, 0.6) is 5.75 Å². The van der Waals surface area contributed by atoms with Crippen molar-refractivity contribution in [3.05, 3.63) is 29.3 Å². The van der Waals surface area contributed by atoms with E-state index < -0.39 is 5.60 Å². The van der Waals surface area contributed by atoms with Crippen LogP contribution >= 0.6 is 11.6 Å². The topological polar surface area (TPSA) is 50.4 Å². The molecule has 130 valence electrons. The average Bonchev–Trinajstić information content (AvgIpc) is 3.21. The molecule has 3 fully saturated rings. The summed E-state index contributed by atoms with van der Waals surface area (Å²) >= 11 is 5.96. The summed E-state index contributed by atoms with van der Waals surface area (Å²) in [5, 5.41) is 7.34. The molecule has 2 aliphatic carbocycles. The van der Waals surface area contributed by atoms with Crippen molar-refractivity contribution < 1.29 is 9.53 Å². The van der Waals surface area contributed by atoms with Crippen LogP contribution < -0.4 is 15.4 Å². The molecule has 0 spiro atoms. The Morgan fingerprint density at radius 1 is 1.17 bits per heavy atom. The Morgan fingerprint density at radius 2 is 1.92 bits per heavy atom. The van der Waals surface area contributed by atoms with Gasteiger partial charge in [0.2, 0.25) is 0 Å². The fourth-order valence-corrected chi connectivity index (χ4v) is 4.78. The average molecular weight is 349 g/mol. The number of piperidine rings is 1. The van der Waals surface area contributed by atoms with Gasteiger partial charge in [-0.1, -0.05) is 18.0 Å². The van der Waals surface area contributed by atoms with Gasteiger partial charge in [0, 0.05) is 23.9 Å². The second-order valence-corrected chi connectivity index (χ2v) is 7.99. The summed E-state index contributed by atoms with van der Waals surface area (Å²) in [5.41, 5.74) is -0.763. The molecular weight excluding hydrogens is 324 g/mol. The van der Waals surface area contributed by atoms with Gasteiger partial charge in [-0.2, -0.15) is 0 Å². The molecule has 1 aromatic carbocycles. The normalized spacial score (nSPS) is 31.0. The lowest BCUT2D eigenvalue weighted by molar-refractivity contribution is -0.140. The number of rotatable bonds is 4. The van der Waals surface area contributed by atoms with Gasteiger partial charge in [0.25, 0.3) is 5.91 Å². The number of carbonyl (C=O) groups is 1. The maximum atomic E-state index is 13.1. The second-order valence-electron chi connectivity index (χ2n) is 7.56. The van der Waals surface area contributed by atoms with E-state index in [9.17, 15) is 4.79 Å². The number of fused-ring (bicyclic) bond motifs is 2. The van der Waals surface area contributed by atoms with Gasteiger partial charge < -0.3 is 15.4 Å². The highest BCUT2D eigenvalue weighted by Gasteiger charge is 2.46. The third-order valence-electron chi connectivity index (χ3n) is 6.01. The van der Waals surface area contributed by atoms with Crippen LogP contribution in [0.1, 0.15) is 38.5 Å². The molecular formula is C19H25ClN2O2. The molecule has 24 heavy (non-hydrogen) atoms. The number of benzene rings is 1. The largest absolute Gasteiger partial charge is 0.477 e. The predicted molar refractivity (Wildman–Crippen MR) is 94.3 cm³/mol. The smallest absolute Gasteiger partial charge is 0.264 e. The molecule has 0 aromatic heterocycles. The van der Waals surface area contributed by atoms with Gasteiger partial charge in [0.05, 0.1) is 0 Å². The molecule has 2 saturated carbocycles. The molecule has 3 aliphatic rings. The molecule has 2 N–H and O–H groups in total. The maximum absolute atomic E-state index is 13.1. The summed E-state index contributed by atoms with van der Waals surface area (Å²) in [4.78, 5) is 13.1. The number of nitrogens with one attached hydrogen (secondary N) is 2. The molecule has 1 amide bonds. The molecule has 3 atom stereocenters. The molecule has 1 aromatic rings. The van der Waals surface area contributed by atoms with E-state index in [1.165, 1.54) is 19.3 Å². The third kappa shape index (κ3) is 3.14. The van der Waals surface area contributed by atoms with Gasteiger partial charge in [-0.3, -0.25) is 4.79 Å². The van der Waals surface area contributed by atoms with Crippen LogP contribution in [-0.2, 0) is 4.79 Å². The number of halogens is 1. The summed E-state index contributed by atoms with van der Waals surface area (Å²) in [5.74, 6) is 2.27. The fourth-order valence-electron chi connectivity index (χ4n) is 4.66. The maximum Gasteiger partial charge on any atom is 0.264 e. The second kappa shape index (κ2) is 6.57. The first-order valence-corrected chi connectivity index (χ1v) is 9.49. The molecule has 4 rings (SSSR count). The van der Waals surface area contributed by atoms with Crippen LogP contribution in [0.2, 0.25) is 5.02 Å². The molecule has 1 heterocycles. The first-order chi connectivity index (χ1) is 11.6. The van der Waals surface area contributed by atoms with Crippen LogP contribution in [0.3, 0.4) is 0 Å². The Morgan fingerprint density at radius 3 is 2.54 bits per heavy atom. The molecule has 1 aliphatic heterocycles. The zero-order valence-electron chi connectivity index (χ0n) is 13.9. The van der Waals surface area contributed by atoms with Crippen molar-refractivity contribution in [3.63, 3.8) is 0 Å². The van der Waals surface area contributed by atoms with Crippen LogP contribution in [-0.4, -0.2) is 30.6 Å². The fraction of sp³-hybridized carbons (Fsp3) is 0.632. The minimum atomic E-state index is -0.763. The minimum absolute atomic E-state index is 0.0662. The van der Waals surface area contributed by atoms with Crippen molar-refractivity contribution in [2.45, 2.75) is 50.2 Å². The number of hydrogen-bond acceptors (Lipinski definition) is 3. The standard InChI is InChI=1S/C19H25ClN2O2/c20-15-3-5-16(6-4-15)24-19(7-9-21-10-8-19)18(23)22-17-12-13-1-2-14(17)11-13/h3-6,13-14,17,21H,1-2,7-12H2,(H,22,23)/t13-,14+,17+/m0/s1. The van der Waals surface area contributed by atoms with E-state index in [2.05, 4.69) is 10.6 Å². The van der Waals surface area contributed by atoms with Gasteiger partial charge in [-0.05, 0) is 68.5 Å². The quantitative estimate of drug-likeness (QED) is 0.878. The van der Waals surface area contributed by atoms with E-state index in [1.54, 1.807) is 12.1 Å². The lowest BCUT2D eigenvalue weighted by atomic mass is 9.89. The van der Waals surface area contributed by atoms with Crippen LogP contribution in [0.25, 0.3) is 0 Å². The van der Waals surface area contributed by atoms with Crippen molar-refractivity contribution in [2.24, 2.45) is 11.8 Å². The Labute approximate surface area is 148 Å². The van der Waals surface area contributed by atoms with Gasteiger partial charge in [-0.15, -0.1) is 0 Å². The molecule has 0 unspecified atom stereocenters. The summed E-state index contributed by atoms with van der Waals surface area (Å²) < 4.78 is 6.24. The van der Waals surface area contributed by atoms with Crippen molar-refractivity contribution in [2.75, 3.05) is 13.1 Å². The summed E-state index contributed by atoms with van der Waals surface area (Å²) in [6, 6.07) is 7.64. The highest BCUT2D eigenvalue weighted by Crippen LogP contribution is 2.44. The van der Waals surface area contributed by atoms with Crippen molar-refractivity contribution in [1.82, 2.24) is 10.6 Å². The Balaban J connectivity index is 1.49. The van der Waals surface area contributed by atoms with Crippen LogP contribution in [0.15, 0.2) is 24.3 Å². The monoisotopic (exact) mass is 348 g/mol. The molecule has 2 bridgehead atoms. The van der Waals surface area contributed by atoms with E-state index in [0.717, 1.165) is 25.4 Å². The van der Waals surface area contributed by atoms with Gasteiger partial charge in [-0.25, -0.2) is 0 Å². The molecule has 4 nitrogen and oxygen atoms in total. The third-order valence-corrected chi connectivity index (χ3v) is 6.26. The van der Waals surface area contributed by atoms with Crippen molar-refractivity contribution in [1.29, 1.82) is 0 Å². The number of carbonyl (C=O) groups excluding carboxylic acids is 1. The SMILES string of the molecule is O=C(N[C@@H]1C[C@H]2CC[C@@H]1C2)C1(Oc2ccc(Cl)cc2)CCNCC1. The lowest BCUT2D eigenvalue weighted by Crippen LogP contribution is -2.58. The van der Waals surface area contributed by atoms with Crippen LogP contribution in [0, 0.1) is 11.8 Å². The van der Waals surface area contributed by atoms with E-state index in [1.807, 2.05) is 12.1 Å². The van der Waals surface area contributed by atoms with Gasteiger partial charge >= 0.3 is 0 Å². The Kier molecular flexibility index (Phi) is 4.44. The van der Waals surface area contributed by atoms with Crippen molar-refractivity contribution in [3.8, 4) is 5.75 Å². The minimum Gasteiger partial charge on any atom is -0.477 e. The number of amides is 1. The first-order valence-electron chi connectivity index (χ1n) is 9.11. The van der Waals surface area contributed by atoms with Gasteiger partial charge in [0.15, 0.2) is 5.60 Å². The van der Waals surface area contributed by atoms with E-state index in [0.29, 0.717) is 35.6 Å². The summed E-state index contributed by atoms with van der Waals surface area (Å²) in [6.07, 6.45) is 6.43. The molecule has 0 radical (unpaired) electrons. The first kappa shape index (κ1) is 16.2. The van der Waals surface area contributed by atoms with Crippen molar-refractivity contribution >= 4 is 17.5 Å². The zero-order valence-corrected chi connectivity index (χ0v) is 14.6. The Hall–Kier alpha value is -1.26. The highest BCUT2D eigenvalue weighted by atomic mass is 35.5. The Bertz CT molecular complexity index is 598. The van der Waals surface area contributed by atoms with E-state index in [-0.39, 0.29) is 5.91 Å².